The molecule has 19 heavy (non-hydrogen) atoms. The molecular formula is C14H21N5. The molecule has 3 rings (SSSR count). The Hall–Kier alpha value is -1.62. The Bertz CT molecular complexity index is 550. The molecule has 0 radical (unpaired) electrons. The molecule has 102 valence electrons. The third kappa shape index (κ3) is 2.56. The summed E-state index contributed by atoms with van der Waals surface area (Å²) in [6.45, 7) is 3.48. The van der Waals surface area contributed by atoms with Gasteiger partial charge in [0.05, 0.1) is 5.39 Å². The lowest BCUT2D eigenvalue weighted by molar-refractivity contribution is 0.213. The highest BCUT2D eigenvalue weighted by Crippen LogP contribution is 2.23. The molecule has 5 heteroatoms. The van der Waals surface area contributed by atoms with E-state index < -0.39 is 0 Å². The summed E-state index contributed by atoms with van der Waals surface area (Å²) in [7, 11) is 4.34. The molecule has 1 saturated heterocycles. The minimum Gasteiger partial charge on any atom is -0.359 e. The molecular weight excluding hydrogens is 238 g/mol. The van der Waals surface area contributed by atoms with Gasteiger partial charge in [-0.2, -0.15) is 0 Å². The Kier molecular flexibility index (Phi) is 3.38. The van der Waals surface area contributed by atoms with Crippen LogP contribution in [0.1, 0.15) is 12.8 Å². The molecule has 2 aromatic heterocycles. The summed E-state index contributed by atoms with van der Waals surface area (Å²) in [5.74, 6) is 1.76. The number of hydrogen-bond donors (Lipinski definition) is 1. The zero-order chi connectivity index (χ0) is 13.2. The van der Waals surface area contributed by atoms with Gasteiger partial charge in [-0.3, -0.25) is 0 Å². The summed E-state index contributed by atoms with van der Waals surface area (Å²) in [4.78, 5) is 16.5. The van der Waals surface area contributed by atoms with Gasteiger partial charge >= 0.3 is 0 Å². The number of aromatic nitrogens is 3. The van der Waals surface area contributed by atoms with Crippen molar-refractivity contribution in [3.8, 4) is 0 Å². The van der Waals surface area contributed by atoms with Crippen molar-refractivity contribution >= 4 is 16.9 Å². The third-order valence-electron chi connectivity index (χ3n) is 3.95. The first-order chi connectivity index (χ1) is 9.24. The molecule has 0 aliphatic carbocycles. The fourth-order valence-electron chi connectivity index (χ4n) is 3.06. The molecule has 0 saturated carbocycles. The van der Waals surface area contributed by atoms with Gasteiger partial charge in [0, 0.05) is 26.3 Å². The fraction of sp³-hybridized carbons (Fsp3) is 0.571. The normalized spacial score (nSPS) is 20.8. The summed E-state index contributed by atoms with van der Waals surface area (Å²) in [5, 5.41) is 1.11. The number of H-pyrrole nitrogens is 1. The van der Waals surface area contributed by atoms with E-state index in [4.69, 9.17) is 0 Å². The van der Waals surface area contributed by atoms with E-state index in [2.05, 4.69) is 38.8 Å². The smallest absolute Gasteiger partial charge is 0.142 e. The van der Waals surface area contributed by atoms with E-state index in [1.807, 2.05) is 12.3 Å². The predicted octanol–water partition coefficient (Wildman–Crippen LogP) is 1.74. The lowest BCUT2D eigenvalue weighted by Crippen LogP contribution is -2.38. The molecule has 1 N–H and O–H groups in total. The number of likely N-dealkylation sites (tertiary alicyclic amines) is 1. The Morgan fingerprint density at radius 1 is 1.47 bits per heavy atom. The van der Waals surface area contributed by atoms with E-state index in [0.717, 1.165) is 29.3 Å². The molecule has 1 aliphatic heterocycles. The van der Waals surface area contributed by atoms with Crippen molar-refractivity contribution in [2.24, 2.45) is 5.92 Å². The Morgan fingerprint density at radius 3 is 3.21 bits per heavy atom. The van der Waals surface area contributed by atoms with Crippen molar-refractivity contribution in [1.29, 1.82) is 0 Å². The van der Waals surface area contributed by atoms with E-state index in [-0.39, 0.29) is 0 Å². The minimum atomic E-state index is 0.729. The van der Waals surface area contributed by atoms with E-state index in [1.165, 1.54) is 25.9 Å². The molecule has 0 aromatic carbocycles. The number of aromatic amines is 1. The van der Waals surface area contributed by atoms with Crippen LogP contribution in [0.2, 0.25) is 0 Å². The topological polar surface area (TPSA) is 48.1 Å². The maximum Gasteiger partial charge on any atom is 0.142 e. The quantitative estimate of drug-likeness (QED) is 0.912. The molecule has 3 heterocycles. The van der Waals surface area contributed by atoms with E-state index in [1.54, 1.807) is 6.33 Å². The van der Waals surface area contributed by atoms with Crippen LogP contribution in [-0.2, 0) is 0 Å². The molecule has 0 bridgehead atoms. The van der Waals surface area contributed by atoms with Crippen LogP contribution in [0.4, 0.5) is 5.82 Å². The molecule has 1 fully saturated rings. The van der Waals surface area contributed by atoms with Crippen molar-refractivity contribution in [3.63, 3.8) is 0 Å². The second-order valence-electron chi connectivity index (χ2n) is 5.59. The van der Waals surface area contributed by atoms with Gasteiger partial charge < -0.3 is 14.8 Å². The van der Waals surface area contributed by atoms with Crippen LogP contribution in [0.25, 0.3) is 11.0 Å². The molecule has 0 amide bonds. The summed E-state index contributed by atoms with van der Waals surface area (Å²) in [6.07, 6.45) is 6.18. The molecule has 5 nitrogen and oxygen atoms in total. The Labute approximate surface area is 113 Å². The van der Waals surface area contributed by atoms with Gasteiger partial charge in [0.25, 0.3) is 0 Å². The standard InChI is InChI=1S/C14H21N5/c1-18-7-3-4-11(8-18)9-19(2)14-12-5-6-15-13(12)16-10-17-14/h5-6,10-11H,3-4,7-9H2,1-2H3,(H,15,16,17). The van der Waals surface area contributed by atoms with Crippen molar-refractivity contribution in [2.45, 2.75) is 12.8 Å². The Morgan fingerprint density at radius 2 is 2.37 bits per heavy atom. The van der Waals surface area contributed by atoms with Crippen LogP contribution in [0.3, 0.4) is 0 Å². The van der Waals surface area contributed by atoms with Crippen LogP contribution in [0, 0.1) is 5.92 Å². The highest BCUT2D eigenvalue weighted by molar-refractivity contribution is 5.87. The van der Waals surface area contributed by atoms with Crippen LogP contribution >= 0.6 is 0 Å². The number of nitrogens with zero attached hydrogens (tertiary/aromatic N) is 4. The number of hydrogen-bond acceptors (Lipinski definition) is 4. The summed E-state index contributed by atoms with van der Waals surface area (Å²) in [5.41, 5.74) is 0.914. The number of nitrogens with one attached hydrogen (secondary N) is 1. The van der Waals surface area contributed by atoms with Crippen molar-refractivity contribution in [3.05, 3.63) is 18.6 Å². The van der Waals surface area contributed by atoms with Gasteiger partial charge in [-0.05, 0) is 38.4 Å². The lowest BCUT2D eigenvalue weighted by Gasteiger charge is -2.32. The first-order valence-electron chi connectivity index (χ1n) is 6.92. The van der Waals surface area contributed by atoms with Crippen LogP contribution in [0.15, 0.2) is 18.6 Å². The fourth-order valence-corrected chi connectivity index (χ4v) is 3.06. The monoisotopic (exact) mass is 259 g/mol. The summed E-state index contributed by atoms with van der Waals surface area (Å²) < 4.78 is 0. The maximum atomic E-state index is 4.44. The van der Waals surface area contributed by atoms with Gasteiger partial charge in [-0.25, -0.2) is 9.97 Å². The number of fused-ring (bicyclic) bond motifs is 1. The maximum absolute atomic E-state index is 4.44. The highest BCUT2D eigenvalue weighted by atomic mass is 15.2. The largest absolute Gasteiger partial charge is 0.359 e. The first-order valence-corrected chi connectivity index (χ1v) is 6.92. The molecule has 2 aromatic rings. The van der Waals surface area contributed by atoms with Gasteiger partial charge in [-0.15, -0.1) is 0 Å². The predicted molar refractivity (Wildman–Crippen MR) is 77.4 cm³/mol. The molecule has 1 unspecified atom stereocenters. The minimum absolute atomic E-state index is 0.729. The lowest BCUT2D eigenvalue weighted by atomic mass is 9.98. The first kappa shape index (κ1) is 12.4. The second kappa shape index (κ2) is 5.17. The molecule has 1 aliphatic rings. The van der Waals surface area contributed by atoms with E-state index in [0.29, 0.717) is 0 Å². The summed E-state index contributed by atoms with van der Waals surface area (Å²) in [6, 6.07) is 2.05. The number of piperidine rings is 1. The SMILES string of the molecule is CN1CCCC(CN(C)c2ncnc3[nH]ccc23)C1. The van der Waals surface area contributed by atoms with Gasteiger partial charge in [0.2, 0.25) is 0 Å². The van der Waals surface area contributed by atoms with Crippen LogP contribution in [0.5, 0.6) is 0 Å². The third-order valence-corrected chi connectivity index (χ3v) is 3.95. The van der Waals surface area contributed by atoms with Gasteiger partial charge in [-0.1, -0.05) is 0 Å². The van der Waals surface area contributed by atoms with Crippen molar-refractivity contribution in [2.75, 3.05) is 38.6 Å². The van der Waals surface area contributed by atoms with Crippen molar-refractivity contribution in [1.82, 2.24) is 19.9 Å². The van der Waals surface area contributed by atoms with Crippen LogP contribution < -0.4 is 4.90 Å². The average molecular weight is 259 g/mol. The van der Waals surface area contributed by atoms with E-state index >= 15 is 0 Å². The number of rotatable bonds is 3. The van der Waals surface area contributed by atoms with Crippen molar-refractivity contribution < 1.29 is 0 Å². The highest BCUT2D eigenvalue weighted by Gasteiger charge is 2.20. The second-order valence-corrected chi connectivity index (χ2v) is 5.59. The van der Waals surface area contributed by atoms with Gasteiger partial charge in [0.1, 0.15) is 17.8 Å². The Balaban J connectivity index is 1.76. The van der Waals surface area contributed by atoms with E-state index in [9.17, 15) is 0 Å². The molecule has 1 atom stereocenters. The number of anilines is 1. The zero-order valence-electron chi connectivity index (χ0n) is 11.6. The molecule has 0 spiro atoms. The van der Waals surface area contributed by atoms with Crippen LogP contribution in [-0.4, -0.2) is 53.6 Å². The average Bonchev–Trinajstić information content (AvgIpc) is 2.86. The zero-order valence-corrected chi connectivity index (χ0v) is 11.6. The van der Waals surface area contributed by atoms with Gasteiger partial charge in [0.15, 0.2) is 0 Å². The summed E-state index contributed by atoms with van der Waals surface area (Å²) >= 11 is 0.